The maximum atomic E-state index is 14.2. The number of H-pyrrole nitrogens is 1. The van der Waals surface area contributed by atoms with Gasteiger partial charge in [-0.2, -0.15) is 5.10 Å². The number of anilines is 1. The quantitative estimate of drug-likeness (QED) is 0.0787. The van der Waals surface area contributed by atoms with Crippen molar-refractivity contribution >= 4 is 66.5 Å². The minimum absolute atomic E-state index is 0.0259. The molecular weight excluding hydrogens is 868 g/mol. The molecule has 1 aliphatic heterocycles. The number of aliphatic hydroxyl groups is 1. The van der Waals surface area contributed by atoms with E-state index in [9.17, 15) is 28.4 Å². The number of ether oxygens (including phenoxy) is 1. The fraction of sp³-hybridized carbons (Fsp3) is 0.396. The lowest BCUT2D eigenvalue weighted by atomic mass is 9.72. The van der Waals surface area contributed by atoms with Gasteiger partial charge >= 0.3 is 5.69 Å². The number of allylic oxidation sites excluding steroid dienone is 1. The summed E-state index contributed by atoms with van der Waals surface area (Å²) in [5.41, 5.74) is 6.10. The van der Waals surface area contributed by atoms with Crippen LogP contribution in [0.5, 0.6) is 5.75 Å². The van der Waals surface area contributed by atoms with E-state index >= 15 is 0 Å². The molecule has 340 valence electrons. The molecular formula is C48H53ClN8O7S. The molecule has 15 nitrogen and oxygen atoms in total. The number of nitro groups is 1. The van der Waals surface area contributed by atoms with Gasteiger partial charge in [0.15, 0.2) is 5.75 Å². The van der Waals surface area contributed by atoms with E-state index in [0.717, 1.165) is 74.1 Å². The number of carbonyl (C=O) groups excluding carboxylic acids is 1. The molecule has 0 unspecified atom stereocenters. The number of piperazine rings is 1. The Labute approximate surface area is 382 Å². The van der Waals surface area contributed by atoms with Crippen LogP contribution in [0.1, 0.15) is 81.6 Å². The number of nitro benzene ring substituents is 1. The number of aromatic nitrogens is 4. The summed E-state index contributed by atoms with van der Waals surface area (Å²) in [5.74, 6) is -0.927. The number of nitrogens with zero attached hydrogens (tertiary/aromatic N) is 6. The van der Waals surface area contributed by atoms with E-state index in [2.05, 4.69) is 50.6 Å². The van der Waals surface area contributed by atoms with Crippen molar-refractivity contribution in [1.82, 2.24) is 29.4 Å². The third-order valence-electron chi connectivity index (χ3n) is 13.4. The van der Waals surface area contributed by atoms with Crippen LogP contribution in [0.15, 0.2) is 95.7 Å². The maximum Gasteiger partial charge on any atom is 0.312 e. The number of pyridine rings is 1. The second kappa shape index (κ2) is 17.5. The molecule has 3 N–H and O–H groups in total. The van der Waals surface area contributed by atoms with E-state index in [-0.39, 0.29) is 29.3 Å². The highest BCUT2D eigenvalue weighted by Crippen LogP contribution is 2.44. The summed E-state index contributed by atoms with van der Waals surface area (Å²) >= 11 is 6.26. The SMILES string of the molecule is CC1(C)CCC(CN2CCN(c3ccc(C(=O)NS(=O)(=O)c4ccc(OC[C@H]5CC[C@@](C)(O)CC5)c([N+](=O)[O-])c4)c(-n4ncc5nc6[nH]ccc6cc54)c3)CC2)=C(c2ccc(Cl)cc2)C1. The first-order chi connectivity index (χ1) is 31.0. The number of hydrogen-bond donors (Lipinski definition) is 3. The van der Waals surface area contributed by atoms with Gasteiger partial charge in [0.1, 0.15) is 11.2 Å². The van der Waals surface area contributed by atoms with Gasteiger partial charge in [-0.3, -0.25) is 19.8 Å². The van der Waals surface area contributed by atoms with Crippen LogP contribution in [0.4, 0.5) is 11.4 Å². The molecule has 3 aromatic carbocycles. The molecule has 0 spiro atoms. The van der Waals surface area contributed by atoms with Gasteiger partial charge in [-0.1, -0.05) is 43.2 Å². The first-order valence-corrected chi connectivity index (χ1v) is 24.0. The first kappa shape index (κ1) is 44.4. The Bertz CT molecular complexity index is 2930. The Balaban J connectivity index is 0.965. The number of benzene rings is 3. The predicted molar refractivity (Wildman–Crippen MR) is 251 cm³/mol. The second-order valence-corrected chi connectivity index (χ2v) is 21.0. The molecule has 65 heavy (non-hydrogen) atoms. The van der Waals surface area contributed by atoms with Crippen molar-refractivity contribution in [3.05, 3.63) is 117 Å². The Hall–Kier alpha value is -5.81. The minimum Gasteiger partial charge on any atom is -0.487 e. The number of fused-ring (bicyclic) bond motifs is 2. The van der Waals surface area contributed by atoms with Crippen molar-refractivity contribution in [3.63, 3.8) is 0 Å². The molecule has 0 bridgehead atoms. The molecule has 17 heteroatoms. The van der Waals surface area contributed by atoms with Gasteiger partial charge in [-0.15, -0.1) is 0 Å². The van der Waals surface area contributed by atoms with E-state index in [4.69, 9.17) is 21.3 Å². The fourth-order valence-corrected chi connectivity index (χ4v) is 10.5. The fourth-order valence-electron chi connectivity index (χ4n) is 9.44. The van der Waals surface area contributed by atoms with Crippen molar-refractivity contribution in [2.45, 2.75) is 76.2 Å². The minimum atomic E-state index is -4.62. The third kappa shape index (κ3) is 9.62. The van der Waals surface area contributed by atoms with Gasteiger partial charge in [0.2, 0.25) is 0 Å². The number of carbonyl (C=O) groups is 1. The Kier molecular flexibility index (Phi) is 12.0. The molecule has 1 saturated carbocycles. The number of sulfonamides is 1. The first-order valence-electron chi connectivity index (χ1n) is 22.1. The van der Waals surface area contributed by atoms with E-state index in [0.29, 0.717) is 48.1 Å². The van der Waals surface area contributed by atoms with Gasteiger partial charge in [0.25, 0.3) is 15.9 Å². The van der Waals surface area contributed by atoms with Crippen LogP contribution < -0.4 is 14.4 Å². The highest BCUT2D eigenvalue weighted by atomic mass is 35.5. The molecule has 0 atom stereocenters. The smallest absolute Gasteiger partial charge is 0.312 e. The summed E-state index contributed by atoms with van der Waals surface area (Å²) in [6.07, 6.45) is 9.15. The standard InChI is InChI=1S/C48H53ClN8O7S/c1-47(2)16-14-34(39(27-47)32-4-6-35(49)7-5-32)29-54-20-22-55(23-21-54)36-8-10-38(41(25-36)56-42-24-33-15-19-50-45(33)52-40(42)28-51-56)46(58)53-65(62,63)37-9-11-44(43(26-37)57(60)61)64-30-31-12-17-48(3,59)18-13-31/h4-11,15,19,24-26,28,31,59H,12-14,16-18,20-23,27,29-30H2,1-3H3,(H,50,52)(H,53,58)/t31-,48+. The van der Waals surface area contributed by atoms with Crippen LogP contribution in [0, 0.1) is 21.4 Å². The maximum absolute atomic E-state index is 14.2. The number of rotatable bonds is 12. The highest BCUT2D eigenvalue weighted by molar-refractivity contribution is 7.90. The molecule has 3 aliphatic rings. The zero-order valence-electron chi connectivity index (χ0n) is 36.7. The molecule has 1 amide bonds. The molecule has 2 fully saturated rings. The third-order valence-corrected chi connectivity index (χ3v) is 15.0. The van der Waals surface area contributed by atoms with Crippen molar-refractivity contribution in [2.24, 2.45) is 11.3 Å². The van der Waals surface area contributed by atoms with Gasteiger partial charge in [-0.25, -0.2) is 22.8 Å². The second-order valence-electron chi connectivity index (χ2n) is 18.8. The molecule has 9 rings (SSSR count). The lowest BCUT2D eigenvalue weighted by molar-refractivity contribution is -0.386. The lowest BCUT2D eigenvalue weighted by Crippen LogP contribution is -2.47. The zero-order valence-corrected chi connectivity index (χ0v) is 38.3. The topological polar surface area (TPSA) is 189 Å². The van der Waals surface area contributed by atoms with Crippen molar-refractivity contribution in [2.75, 3.05) is 44.2 Å². The van der Waals surface area contributed by atoms with Crippen LogP contribution in [0.2, 0.25) is 5.02 Å². The van der Waals surface area contributed by atoms with Crippen LogP contribution in [-0.2, 0) is 10.0 Å². The lowest BCUT2D eigenvalue weighted by Gasteiger charge is -2.39. The summed E-state index contributed by atoms with van der Waals surface area (Å²) < 4.78 is 37.3. The Morgan fingerprint density at radius 1 is 1.00 bits per heavy atom. The molecule has 0 radical (unpaired) electrons. The Morgan fingerprint density at radius 3 is 2.49 bits per heavy atom. The number of halogens is 1. The summed E-state index contributed by atoms with van der Waals surface area (Å²) in [7, 11) is -4.62. The van der Waals surface area contributed by atoms with Gasteiger partial charge < -0.3 is 19.7 Å². The molecule has 4 heterocycles. The molecule has 3 aromatic heterocycles. The Morgan fingerprint density at radius 2 is 1.75 bits per heavy atom. The number of nitrogens with one attached hydrogen (secondary N) is 2. The summed E-state index contributed by atoms with van der Waals surface area (Å²) in [5, 5.41) is 28.7. The van der Waals surface area contributed by atoms with Crippen LogP contribution >= 0.6 is 11.6 Å². The molecule has 2 aliphatic carbocycles. The highest BCUT2D eigenvalue weighted by Gasteiger charge is 2.32. The summed E-state index contributed by atoms with van der Waals surface area (Å²) in [6, 6.07) is 20.5. The van der Waals surface area contributed by atoms with Gasteiger partial charge in [-0.05, 0) is 129 Å². The number of amides is 1. The number of aromatic amines is 1. The van der Waals surface area contributed by atoms with Crippen LogP contribution in [0.3, 0.4) is 0 Å². The largest absolute Gasteiger partial charge is 0.487 e. The van der Waals surface area contributed by atoms with Crippen molar-refractivity contribution < 1.29 is 28.0 Å². The predicted octanol–water partition coefficient (Wildman–Crippen LogP) is 8.69. The van der Waals surface area contributed by atoms with E-state index < -0.39 is 37.0 Å². The summed E-state index contributed by atoms with van der Waals surface area (Å²) in [6.45, 7) is 10.6. The van der Waals surface area contributed by atoms with E-state index in [1.165, 1.54) is 28.8 Å². The van der Waals surface area contributed by atoms with E-state index in [1.54, 1.807) is 30.1 Å². The molecule has 6 aromatic rings. The van der Waals surface area contributed by atoms with Gasteiger partial charge in [0.05, 0.1) is 45.0 Å². The average Bonchev–Trinajstić information content (AvgIpc) is 3.92. The monoisotopic (exact) mass is 920 g/mol. The van der Waals surface area contributed by atoms with Crippen LogP contribution in [0.25, 0.3) is 33.3 Å². The normalized spacial score (nSPS) is 20.6. The van der Waals surface area contributed by atoms with Crippen LogP contribution in [-0.4, -0.2) is 93.9 Å². The van der Waals surface area contributed by atoms with Crippen molar-refractivity contribution in [1.29, 1.82) is 0 Å². The van der Waals surface area contributed by atoms with Crippen molar-refractivity contribution in [3.8, 4) is 11.4 Å². The zero-order chi connectivity index (χ0) is 45.7. The van der Waals surface area contributed by atoms with E-state index in [1.807, 2.05) is 36.4 Å². The average molecular weight is 922 g/mol. The van der Waals surface area contributed by atoms with Gasteiger partial charge in [0, 0.05) is 61.1 Å². The number of hydrogen-bond acceptors (Lipinski definition) is 11. The molecule has 1 saturated heterocycles. The summed E-state index contributed by atoms with van der Waals surface area (Å²) in [4.78, 5) is 37.8.